The minimum absolute atomic E-state index is 0.0133. The molecule has 3 heterocycles. The van der Waals surface area contributed by atoms with Crippen LogP contribution < -0.4 is 0 Å². The summed E-state index contributed by atoms with van der Waals surface area (Å²) in [6.07, 6.45) is 2.12. The molecular formula is C17H24N4O2. The predicted octanol–water partition coefficient (Wildman–Crippen LogP) is 2.30. The molecule has 0 spiro atoms. The van der Waals surface area contributed by atoms with Crippen LogP contribution in [0.2, 0.25) is 0 Å². The molecule has 1 fully saturated rings. The van der Waals surface area contributed by atoms with Gasteiger partial charge in [0.05, 0.1) is 11.8 Å². The second kappa shape index (κ2) is 6.28. The molecular weight excluding hydrogens is 292 g/mol. The molecule has 0 aromatic carbocycles. The molecule has 6 nitrogen and oxygen atoms in total. The standard InChI is InChI=1S/C17H24N4O2/c1-5-23-14-7-6-8-20(10-14)17(22)15-13(4)19-21-12(3)9-11(2)18-16(15)21/h9,14H,5-8,10H2,1-4H3. The molecule has 1 aliphatic heterocycles. The zero-order chi connectivity index (χ0) is 16.6. The first-order chi connectivity index (χ1) is 11.0. The van der Waals surface area contributed by atoms with Gasteiger partial charge in [-0.15, -0.1) is 0 Å². The molecule has 0 N–H and O–H groups in total. The number of hydrogen-bond acceptors (Lipinski definition) is 4. The van der Waals surface area contributed by atoms with Crippen LogP contribution in [0, 0.1) is 20.8 Å². The molecule has 3 rings (SSSR count). The van der Waals surface area contributed by atoms with Crippen molar-refractivity contribution in [2.24, 2.45) is 0 Å². The van der Waals surface area contributed by atoms with Gasteiger partial charge in [-0.2, -0.15) is 5.10 Å². The Balaban J connectivity index is 1.96. The maximum absolute atomic E-state index is 13.0. The Bertz CT molecular complexity index is 736. The van der Waals surface area contributed by atoms with Gasteiger partial charge in [0, 0.05) is 31.1 Å². The Labute approximate surface area is 136 Å². The molecule has 0 aliphatic carbocycles. The number of hydrogen-bond donors (Lipinski definition) is 0. The van der Waals surface area contributed by atoms with E-state index in [4.69, 9.17) is 4.74 Å². The van der Waals surface area contributed by atoms with E-state index in [9.17, 15) is 4.79 Å². The van der Waals surface area contributed by atoms with Crippen LogP contribution in [0.5, 0.6) is 0 Å². The van der Waals surface area contributed by atoms with E-state index >= 15 is 0 Å². The molecule has 1 unspecified atom stereocenters. The number of aryl methyl sites for hydroxylation is 3. The highest BCUT2D eigenvalue weighted by Crippen LogP contribution is 2.21. The van der Waals surface area contributed by atoms with Gasteiger partial charge in [-0.1, -0.05) is 0 Å². The molecule has 2 aromatic rings. The fourth-order valence-electron chi connectivity index (χ4n) is 3.33. The van der Waals surface area contributed by atoms with Crippen LogP contribution in [0.25, 0.3) is 5.65 Å². The van der Waals surface area contributed by atoms with E-state index in [1.54, 1.807) is 4.52 Å². The number of likely N-dealkylation sites (tertiary alicyclic amines) is 1. The highest BCUT2D eigenvalue weighted by atomic mass is 16.5. The molecule has 0 bridgehead atoms. The SMILES string of the molecule is CCOC1CCCN(C(=O)c2c(C)nn3c(C)cc(C)nc23)C1. The molecule has 1 saturated heterocycles. The van der Waals surface area contributed by atoms with E-state index in [1.165, 1.54) is 0 Å². The van der Waals surface area contributed by atoms with Gasteiger partial charge in [-0.25, -0.2) is 9.50 Å². The van der Waals surface area contributed by atoms with Gasteiger partial charge in [-0.05, 0) is 46.6 Å². The number of carbonyl (C=O) groups excluding carboxylic acids is 1. The van der Waals surface area contributed by atoms with E-state index in [0.29, 0.717) is 24.4 Å². The monoisotopic (exact) mass is 316 g/mol. The Morgan fingerprint density at radius 3 is 2.91 bits per heavy atom. The number of amides is 1. The normalized spacial score (nSPS) is 18.6. The van der Waals surface area contributed by atoms with Crippen molar-refractivity contribution in [3.05, 3.63) is 28.7 Å². The summed E-state index contributed by atoms with van der Waals surface area (Å²) >= 11 is 0. The molecule has 0 saturated carbocycles. The van der Waals surface area contributed by atoms with Crippen molar-refractivity contribution < 1.29 is 9.53 Å². The van der Waals surface area contributed by atoms with Gasteiger partial charge < -0.3 is 9.64 Å². The summed E-state index contributed by atoms with van der Waals surface area (Å²) in [5.74, 6) is 0.0133. The smallest absolute Gasteiger partial charge is 0.259 e. The summed E-state index contributed by atoms with van der Waals surface area (Å²) in [7, 11) is 0. The first-order valence-electron chi connectivity index (χ1n) is 8.25. The molecule has 124 valence electrons. The van der Waals surface area contributed by atoms with Crippen molar-refractivity contribution in [2.75, 3.05) is 19.7 Å². The third-order valence-corrected chi connectivity index (χ3v) is 4.35. The van der Waals surface area contributed by atoms with Crippen molar-refractivity contribution in [1.82, 2.24) is 19.5 Å². The molecule has 1 atom stereocenters. The lowest BCUT2D eigenvalue weighted by molar-refractivity contribution is 0.00727. The van der Waals surface area contributed by atoms with Crippen LogP contribution in [0.4, 0.5) is 0 Å². The lowest BCUT2D eigenvalue weighted by Gasteiger charge is -2.32. The average Bonchev–Trinajstić information content (AvgIpc) is 2.84. The summed E-state index contributed by atoms with van der Waals surface area (Å²) in [4.78, 5) is 19.5. The number of ether oxygens (including phenoxy) is 1. The minimum Gasteiger partial charge on any atom is -0.377 e. The molecule has 6 heteroatoms. The number of aromatic nitrogens is 3. The maximum atomic E-state index is 13.0. The van der Waals surface area contributed by atoms with Crippen molar-refractivity contribution in [3.63, 3.8) is 0 Å². The number of piperidine rings is 1. The van der Waals surface area contributed by atoms with Gasteiger partial charge in [0.2, 0.25) is 0 Å². The van der Waals surface area contributed by atoms with Gasteiger partial charge >= 0.3 is 0 Å². The lowest BCUT2D eigenvalue weighted by atomic mass is 10.1. The van der Waals surface area contributed by atoms with Crippen LogP contribution in [0.15, 0.2) is 6.07 Å². The Morgan fingerprint density at radius 2 is 2.17 bits per heavy atom. The Morgan fingerprint density at radius 1 is 1.39 bits per heavy atom. The van der Waals surface area contributed by atoms with Crippen molar-refractivity contribution in [3.8, 4) is 0 Å². The quantitative estimate of drug-likeness (QED) is 0.872. The van der Waals surface area contributed by atoms with Crippen LogP contribution in [-0.4, -0.2) is 51.2 Å². The highest BCUT2D eigenvalue weighted by Gasteiger charge is 2.29. The summed E-state index contributed by atoms with van der Waals surface area (Å²) < 4.78 is 7.47. The van der Waals surface area contributed by atoms with Crippen molar-refractivity contribution in [1.29, 1.82) is 0 Å². The fraction of sp³-hybridized carbons (Fsp3) is 0.588. The van der Waals surface area contributed by atoms with Crippen molar-refractivity contribution in [2.45, 2.75) is 46.6 Å². The van der Waals surface area contributed by atoms with E-state index in [-0.39, 0.29) is 12.0 Å². The summed E-state index contributed by atoms with van der Waals surface area (Å²) in [6, 6.07) is 1.97. The topological polar surface area (TPSA) is 59.7 Å². The van der Waals surface area contributed by atoms with Gasteiger partial charge in [0.15, 0.2) is 5.65 Å². The third kappa shape index (κ3) is 2.95. The second-order valence-corrected chi connectivity index (χ2v) is 6.21. The van der Waals surface area contributed by atoms with E-state index in [2.05, 4.69) is 10.1 Å². The lowest BCUT2D eigenvalue weighted by Crippen LogP contribution is -2.43. The summed E-state index contributed by atoms with van der Waals surface area (Å²) in [5.41, 5.74) is 3.89. The summed E-state index contributed by atoms with van der Waals surface area (Å²) in [5, 5.41) is 4.50. The zero-order valence-electron chi connectivity index (χ0n) is 14.3. The van der Waals surface area contributed by atoms with Crippen LogP contribution in [-0.2, 0) is 4.74 Å². The second-order valence-electron chi connectivity index (χ2n) is 6.21. The van der Waals surface area contributed by atoms with Crippen molar-refractivity contribution >= 4 is 11.6 Å². The molecule has 2 aromatic heterocycles. The first kappa shape index (κ1) is 15.9. The highest BCUT2D eigenvalue weighted by molar-refractivity contribution is 6.01. The molecule has 1 aliphatic rings. The number of fused-ring (bicyclic) bond motifs is 1. The van der Waals surface area contributed by atoms with Crippen LogP contribution in [0.1, 0.15) is 47.2 Å². The number of nitrogens with zero attached hydrogens (tertiary/aromatic N) is 4. The molecule has 23 heavy (non-hydrogen) atoms. The van der Waals surface area contributed by atoms with Gasteiger partial charge in [-0.3, -0.25) is 4.79 Å². The van der Waals surface area contributed by atoms with Gasteiger partial charge in [0.25, 0.3) is 5.91 Å². The maximum Gasteiger partial charge on any atom is 0.259 e. The van der Waals surface area contributed by atoms with Gasteiger partial charge in [0.1, 0.15) is 5.56 Å². The fourth-order valence-corrected chi connectivity index (χ4v) is 3.33. The predicted molar refractivity (Wildman–Crippen MR) is 87.7 cm³/mol. The van der Waals surface area contributed by atoms with Crippen LogP contribution >= 0.6 is 0 Å². The van der Waals surface area contributed by atoms with E-state index in [1.807, 2.05) is 38.7 Å². The van der Waals surface area contributed by atoms with E-state index < -0.39 is 0 Å². The number of rotatable bonds is 3. The first-order valence-corrected chi connectivity index (χ1v) is 8.25. The summed E-state index contributed by atoms with van der Waals surface area (Å²) in [6.45, 7) is 9.89. The molecule has 1 amide bonds. The minimum atomic E-state index is 0.0133. The Hall–Kier alpha value is -1.95. The average molecular weight is 316 g/mol. The zero-order valence-corrected chi connectivity index (χ0v) is 14.3. The Kier molecular flexibility index (Phi) is 4.35. The van der Waals surface area contributed by atoms with Crippen LogP contribution in [0.3, 0.4) is 0 Å². The largest absolute Gasteiger partial charge is 0.377 e. The molecule has 0 radical (unpaired) electrons. The third-order valence-electron chi connectivity index (χ3n) is 4.35. The number of carbonyl (C=O) groups is 1. The van der Waals surface area contributed by atoms with E-state index in [0.717, 1.165) is 36.5 Å².